The number of aromatic nitrogens is 1. The first kappa shape index (κ1) is 10.2. The molecule has 0 atom stereocenters. The van der Waals surface area contributed by atoms with Crippen LogP contribution in [0, 0.1) is 0 Å². The number of hydrogen-bond donors (Lipinski definition) is 1. The van der Waals surface area contributed by atoms with Crippen LogP contribution in [0.15, 0.2) is 12.1 Å². The summed E-state index contributed by atoms with van der Waals surface area (Å²) >= 11 is 7.29. The summed E-state index contributed by atoms with van der Waals surface area (Å²) in [7, 11) is 1.31. The van der Waals surface area contributed by atoms with Crippen LogP contribution in [0.25, 0.3) is 10.2 Å². The molecule has 78 valence electrons. The van der Waals surface area contributed by atoms with Gasteiger partial charge in [0.2, 0.25) is 0 Å². The molecule has 0 aliphatic heterocycles. The highest BCUT2D eigenvalue weighted by molar-refractivity contribution is 7.22. The van der Waals surface area contributed by atoms with Gasteiger partial charge in [-0.15, -0.1) is 0 Å². The van der Waals surface area contributed by atoms with Crippen LogP contribution in [0.5, 0.6) is 0 Å². The van der Waals surface area contributed by atoms with E-state index in [4.69, 9.17) is 17.3 Å². The number of methoxy groups -OCH3 is 1. The molecule has 0 aliphatic rings. The number of nitrogens with zero attached hydrogens (tertiary/aromatic N) is 1. The third-order valence-corrected chi connectivity index (χ3v) is 3.34. The lowest BCUT2D eigenvalue weighted by molar-refractivity contribution is 0.0601. The monoisotopic (exact) mass is 242 g/mol. The van der Waals surface area contributed by atoms with E-state index in [2.05, 4.69) is 9.72 Å². The zero-order chi connectivity index (χ0) is 11.0. The maximum Gasteiger partial charge on any atom is 0.339 e. The second-order valence-electron chi connectivity index (χ2n) is 2.82. The first-order chi connectivity index (χ1) is 7.13. The van der Waals surface area contributed by atoms with Gasteiger partial charge in [0.1, 0.15) is 0 Å². The van der Waals surface area contributed by atoms with Crippen LogP contribution in [0.4, 0.5) is 5.13 Å². The largest absolute Gasteiger partial charge is 0.465 e. The van der Waals surface area contributed by atoms with Crippen LogP contribution in [0.3, 0.4) is 0 Å². The normalized spacial score (nSPS) is 10.5. The molecular formula is C9H7ClN2O2S. The van der Waals surface area contributed by atoms with E-state index in [1.807, 2.05) is 0 Å². The highest BCUT2D eigenvalue weighted by Crippen LogP contribution is 2.33. The highest BCUT2D eigenvalue weighted by Gasteiger charge is 2.15. The summed E-state index contributed by atoms with van der Waals surface area (Å²) in [5.74, 6) is -0.464. The van der Waals surface area contributed by atoms with Crippen LogP contribution in [0.2, 0.25) is 5.02 Å². The molecule has 2 aromatic rings. The molecule has 2 N–H and O–H groups in total. The van der Waals surface area contributed by atoms with E-state index in [1.165, 1.54) is 18.4 Å². The number of carbonyl (C=O) groups excluding carboxylic acids is 1. The Morgan fingerprint density at radius 2 is 2.33 bits per heavy atom. The molecule has 0 spiro atoms. The van der Waals surface area contributed by atoms with E-state index in [1.54, 1.807) is 12.1 Å². The van der Waals surface area contributed by atoms with Crippen molar-refractivity contribution in [2.75, 3.05) is 12.8 Å². The lowest BCUT2D eigenvalue weighted by Gasteiger charge is -2.01. The molecule has 0 unspecified atom stereocenters. The predicted octanol–water partition coefficient (Wildman–Crippen LogP) is 2.32. The van der Waals surface area contributed by atoms with Crippen molar-refractivity contribution in [1.29, 1.82) is 0 Å². The fourth-order valence-electron chi connectivity index (χ4n) is 1.24. The Kier molecular flexibility index (Phi) is 2.50. The van der Waals surface area contributed by atoms with Gasteiger partial charge in [0, 0.05) is 0 Å². The summed E-state index contributed by atoms with van der Waals surface area (Å²) in [4.78, 5) is 15.4. The molecule has 1 heterocycles. The molecule has 1 aromatic heterocycles. The average Bonchev–Trinajstić information content (AvgIpc) is 2.59. The third-order valence-electron chi connectivity index (χ3n) is 1.92. The van der Waals surface area contributed by atoms with E-state index in [0.717, 1.165) is 0 Å². The quantitative estimate of drug-likeness (QED) is 0.780. The maximum absolute atomic E-state index is 11.3. The molecule has 0 bridgehead atoms. The number of nitrogen functional groups attached to an aromatic ring is 1. The standard InChI is InChI=1S/C9H7ClN2O2S/c1-14-8(13)4-2-3-5-7(6(4)10)15-9(11)12-5/h2-3H,1H3,(H2,11,12). The second-order valence-corrected chi connectivity index (χ2v) is 4.23. The van der Waals surface area contributed by atoms with Gasteiger partial charge in [0.25, 0.3) is 0 Å². The van der Waals surface area contributed by atoms with Gasteiger partial charge in [-0.3, -0.25) is 0 Å². The topological polar surface area (TPSA) is 65.2 Å². The Morgan fingerprint density at radius 1 is 1.60 bits per heavy atom. The van der Waals surface area contributed by atoms with Crippen molar-refractivity contribution in [1.82, 2.24) is 4.98 Å². The Bertz CT molecular complexity index is 538. The van der Waals surface area contributed by atoms with Crippen molar-refractivity contribution in [3.05, 3.63) is 22.7 Å². The molecule has 0 amide bonds. The fourth-order valence-corrected chi connectivity index (χ4v) is 2.37. The zero-order valence-electron chi connectivity index (χ0n) is 7.78. The second kappa shape index (κ2) is 3.67. The van der Waals surface area contributed by atoms with Gasteiger partial charge in [0.05, 0.1) is 27.9 Å². The molecule has 0 aliphatic carbocycles. The number of nitrogens with two attached hydrogens (primary N) is 1. The van der Waals surface area contributed by atoms with E-state index in [9.17, 15) is 4.79 Å². The molecule has 0 saturated carbocycles. The molecule has 0 radical (unpaired) electrons. The zero-order valence-corrected chi connectivity index (χ0v) is 9.35. The van der Waals surface area contributed by atoms with Crippen molar-refractivity contribution in [2.45, 2.75) is 0 Å². The third kappa shape index (κ3) is 1.64. The molecule has 0 fully saturated rings. The minimum Gasteiger partial charge on any atom is -0.465 e. The Balaban J connectivity index is 2.69. The number of ether oxygens (including phenoxy) is 1. The minimum absolute atomic E-state index is 0.329. The lowest BCUT2D eigenvalue weighted by Crippen LogP contribution is -2.01. The van der Waals surface area contributed by atoms with Crippen LogP contribution in [-0.4, -0.2) is 18.1 Å². The number of halogens is 1. The van der Waals surface area contributed by atoms with E-state index in [0.29, 0.717) is 25.9 Å². The molecule has 2 rings (SSSR count). The number of carbonyl (C=O) groups is 1. The number of anilines is 1. The van der Waals surface area contributed by atoms with Crippen LogP contribution in [0.1, 0.15) is 10.4 Å². The summed E-state index contributed by atoms with van der Waals surface area (Å²) in [6, 6.07) is 3.27. The number of benzene rings is 1. The number of rotatable bonds is 1. The first-order valence-electron chi connectivity index (χ1n) is 4.06. The summed E-state index contributed by atoms with van der Waals surface area (Å²) in [6.07, 6.45) is 0. The summed E-state index contributed by atoms with van der Waals surface area (Å²) in [5.41, 5.74) is 6.57. The first-order valence-corrected chi connectivity index (χ1v) is 5.25. The Hall–Kier alpha value is -1.33. The van der Waals surface area contributed by atoms with Crippen molar-refractivity contribution < 1.29 is 9.53 Å². The number of esters is 1. The average molecular weight is 243 g/mol. The van der Waals surface area contributed by atoms with Crippen LogP contribution < -0.4 is 5.73 Å². The lowest BCUT2D eigenvalue weighted by atomic mass is 10.2. The van der Waals surface area contributed by atoms with E-state index >= 15 is 0 Å². The van der Waals surface area contributed by atoms with Gasteiger partial charge in [-0.25, -0.2) is 9.78 Å². The Labute approximate surface area is 94.6 Å². The molecule has 15 heavy (non-hydrogen) atoms. The fraction of sp³-hybridized carbons (Fsp3) is 0.111. The van der Waals surface area contributed by atoms with Crippen LogP contribution >= 0.6 is 22.9 Å². The number of thiazole rings is 1. The van der Waals surface area contributed by atoms with Crippen molar-refractivity contribution in [2.24, 2.45) is 0 Å². The molecule has 0 saturated heterocycles. The van der Waals surface area contributed by atoms with Gasteiger partial charge in [-0.1, -0.05) is 22.9 Å². The van der Waals surface area contributed by atoms with Gasteiger partial charge in [0.15, 0.2) is 5.13 Å². The smallest absolute Gasteiger partial charge is 0.339 e. The summed E-state index contributed by atoms with van der Waals surface area (Å²) < 4.78 is 5.31. The van der Waals surface area contributed by atoms with Gasteiger partial charge >= 0.3 is 5.97 Å². The molecule has 1 aromatic carbocycles. The van der Waals surface area contributed by atoms with Crippen LogP contribution in [-0.2, 0) is 4.74 Å². The summed E-state index contributed by atoms with van der Waals surface area (Å²) in [5, 5.41) is 0.766. The SMILES string of the molecule is COC(=O)c1ccc2nc(N)sc2c1Cl. The minimum atomic E-state index is -0.464. The Morgan fingerprint density at radius 3 is 3.00 bits per heavy atom. The maximum atomic E-state index is 11.3. The molecule has 4 nitrogen and oxygen atoms in total. The van der Waals surface area contributed by atoms with Gasteiger partial charge < -0.3 is 10.5 Å². The molecule has 6 heteroatoms. The van der Waals surface area contributed by atoms with Gasteiger partial charge in [-0.05, 0) is 12.1 Å². The van der Waals surface area contributed by atoms with Crippen molar-refractivity contribution in [3.8, 4) is 0 Å². The summed E-state index contributed by atoms with van der Waals surface area (Å²) in [6.45, 7) is 0. The van der Waals surface area contributed by atoms with E-state index in [-0.39, 0.29) is 0 Å². The number of hydrogen-bond acceptors (Lipinski definition) is 5. The van der Waals surface area contributed by atoms with Gasteiger partial charge in [-0.2, -0.15) is 0 Å². The number of fused-ring (bicyclic) bond motifs is 1. The van der Waals surface area contributed by atoms with Crippen molar-refractivity contribution >= 4 is 44.3 Å². The van der Waals surface area contributed by atoms with Crippen molar-refractivity contribution in [3.63, 3.8) is 0 Å². The molecular weight excluding hydrogens is 236 g/mol. The predicted molar refractivity (Wildman–Crippen MR) is 60.4 cm³/mol. The highest BCUT2D eigenvalue weighted by atomic mass is 35.5. The van der Waals surface area contributed by atoms with E-state index < -0.39 is 5.97 Å².